The number of hydrogen-bond acceptors (Lipinski definition) is 4. The molecule has 0 atom stereocenters. The van der Waals surface area contributed by atoms with Crippen LogP contribution >= 0.6 is 0 Å². The Labute approximate surface area is 116 Å². The van der Waals surface area contributed by atoms with Crippen molar-refractivity contribution < 1.29 is 29.3 Å². The zero-order chi connectivity index (χ0) is 15.1. The first kappa shape index (κ1) is 15.7. The molecule has 2 N–H and O–H groups in total. The average Bonchev–Trinajstić information content (AvgIpc) is 2.38. The number of carbonyl (C=O) groups is 3. The van der Waals surface area contributed by atoms with E-state index in [1.165, 1.54) is 0 Å². The van der Waals surface area contributed by atoms with Crippen molar-refractivity contribution >= 4 is 17.9 Å². The van der Waals surface area contributed by atoms with Crippen molar-refractivity contribution in [3.05, 3.63) is 29.3 Å². The van der Waals surface area contributed by atoms with E-state index in [2.05, 4.69) is 0 Å². The molecule has 1 aromatic rings. The van der Waals surface area contributed by atoms with Crippen molar-refractivity contribution in [1.29, 1.82) is 0 Å². The van der Waals surface area contributed by atoms with Gasteiger partial charge in [-0.1, -0.05) is 19.8 Å². The first-order chi connectivity index (χ1) is 9.43. The number of ether oxygens (including phenoxy) is 1. The Morgan fingerprint density at radius 1 is 1.00 bits per heavy atom. The lowest BCUT2D eigenvalue weighted by Gasteiger charge is -2.06. The number of benzene rings is 1. The summed E-state index contributed by atoms with van der Waals surface area (Å²) in [6.45, 7) is 2.00. The van der Waals surface area contributed by atoms with Gasteiger partial charge in [-0.2, -0.15) is 0 Å². The molecule has 0 amide bonds. The molecule has 0 unspecified atom stereocenters. The number of carboxylic acids is 2. The molecule has 108 valence electrons. The lowest BCUT2D eigenvalue weighted by atomic mass is 10.1. The highest BCUT2D eigenvalue weighted by Gasteiger charge is 2.14. The van der Waals surface area contributed by atoms with Gasteiger partial charge in [-0.25, -0.2) is 9.59 Å². The zero-order valence-electron chi connectivity index (χ0n) is 11.1. The molecule has 0 saturated carbocycles. The van der Waals surface area contributed by atoms with E-state index in [4.69, 9.17) is 14.9 Å². The second-order valence-corrected chi connectivity index (χ2v) is 4.29. The number of unbranched alkanes of at least 4 members (excludes halogenated alkanes) is 2. The molecule has 0 aliphatic rings. The monoisotopic (exact) mass is 280 g/mol. The minimum absolute atomic E-state index is 0.0659. The molecule has 0 bridgehead atoms. The maximum Gasteiger partial charge on any atom is 0.335 e. The van der Waals surface area contributed by atoms with Gasteiger partial charge in [-0.15, -0.1) is 0 Å². The topological polar surface area (TPSA) is 101 Å². The average molecular weight is 280 g/mol. The van der Waals surface area contributed by atoms with E-state index in [0.29, 0.717) is 6.42 Å². The van der Waals surface area contributed by atoms with Crippen LogP contribution in [-0.4, -0.2) is 28.1 Å². The van der Waals surface area contributed by atoms with Gasteiger partial charge in [-0.3, -0.25) is 4.79 Å². The Balaban J connectivity index is 2.86. The Kier molecular flexibility index (Phi) is 5.71. The fourth-order valence-corrected chi connectivity index (χ4v) is 1.61. The highest BCUT2D eigenvalue weighted by atomic mass is 16.5. The maximum atomic E-state index is 11.5. The van der Waals surface area contributed by atoms with Gasteiger partial charge in [0.2, 0.25) is 0 Å². The smallest absolute Gasteiger partial charge is 0.335 e. The Hall–Kier alpha value is -2.37. The first-order valence-electron chi connectivity index (χ1n) is 6.26. The van der Waals surface area contributed by atoms with Crippen molar-refractivity contribution in [3.63, 3.8) is 0 Å². The van der Waals surface area contributed by atoms with Crippen LogP contribution in [0.2, 0.25) is 0 Å². The molecule has 0 radical (unpaired) electrons. The SMILES string of the molecule is CCCCCC(=O)Oc1cc(C(=O)O)cc(C(=O)O)c1. The van der Waals surface area contributed by atoms with Crippen molar-refractivity contribution in [2.45, 2.75) is 32.6 Å². The van der Waals surface area contributed by atoms with Gasteiger partial charge >= 0.3 is 17.9 Å². The second-order valence-electron chi connectivity index (χ2n) is 4.29. The third kappa shape index (κ3) is 4.72. The van der Waals surface area contributed by atoms with Gasteiger partial charge in [0.15, 0.2) is 0 Å². The van der Waals surface area contributed by atoms with E-state index in [1.54, 1.807) is 0 Å². The highest BCUT2D eigenvalue weighted by Crippen LogP contribution is 2.18. The predicted molar refractivity (Wildman–Crippen MR) is 70.1 cm³/mol. The standard InChI is InChI=1S/C14H16O6/c1-2-3-4-5-12(15)20-11-7-9(13(16)17)6-10(8-11)14(18)19/h6-8H,2-5H2,1H3,(H,16,17)(H,18,19). The summed E-state index contributed by atoms with van der Waals surface area (Å²) in [5.41, 5.74) is -0.470. The summed E-state index contributed by atoms with van der Waals surface area (Å²) >= 11 is 0. The molecule has 0 saturated heterocycles. The van der Waals surface area contributed by atoms with Gasteiger partial charge in [0.1, 0.15) is 5.75 Å². The van der Waals surface area contributed by atoms with Crippen LogP contribution in [0.15, 0.2) is 18.2 Å². The van der Waals surface area contributed by atoms with E-state index in [0.717, 1.165) is 31.0 Å². The summed E-state index contributed by atoms with van der Waals surface area (Å²) in [5.74, 6) is -3.13. The van der Waals surface area contributed by atoms with Crippen LogP contribution in [0.1, 0.15) is 53.3 Å². The number of esters is 1. The summed E-state index contributed by atoms with van der Waals surface area (Å²) in [6.07, 6.45) is 2.75. The minimum atomic E-state index is -1.28. The molecule has 6 nitrogen and oxygen atoms in total. The van der Waals surface area contributed by atoms with Gasteiger partial charge in [0, 0.05) is 6.42 Å². The van der Waals surface area contributed by atoms with Crippen molar-refractivity contribution in [1.82, 2.24) is 0 Å². The molecule has 20 heavy (non-hydrogen) atoms. The number of rotatable bonds is 7. The van der Waals surface area contributed by atoms with Gasteiger partial charge < -0.3 is 14.9 Å². The number of aromatic carboxylic acids is 2. The van der Waals surface area contributed by atoms with Gasteiger partial charge in [0.25, 0.3) is 0 Å². The molecule has 0 aliphatic carbocycles. The summed E-state index contributed by atoms with van der Waals surface area (Å²) in [4.78, 5) is 33.3. The Morgan fingerprint density at radius 3 is 2.00 bits per heavy atom. The van der Waals surface area contributed by atoms with Crippen LogP contribution in [0, 0.1) is 0 Å². The third-order valence-electron chi connectivity index (χ3n) is 2.62. The quantitative estimate of drug-likeness (QED) is 0.452. The Morgan fingerprint density at radius 2 is 1.55 bits per heavy atom. The van der Waals surface area contributed by atoms with E-state index in [1.807, 2.05) is 6.92 Å². The van der Waals surface area contributed by atoms with Crippen LogP contribution in [-0.2, 0) is 4.79 Å². The molecular formula is C14H16O6. The van der Waals surface area contributed by atoms with Crippen LogP contribution < -0.4 is 4.74 Å². The third-order valence-corrected chi connectivity index (χ3v) is 2.62. The largest absolute Gasteiger partial charge is 0.478 e. The lowest BCUT2D eigenvalue weighted by Crippen LogP contribution is -2.10. The van der Waals surface area contributed by atoms with Crippen LogP contribution in [0.3, 0.4) is 0 Å². The van der Waals surface area contributed by atoms with Crippen LogP contribution in [0.4, 0.5) is 0 Å². The normalized spacial score (nSPS) is 10.1. The molecule has 0 fully saturated rings. The summed E-state index contributed by atoms with van der Waals surface area (Å²) < 4.78 is 4.98. The zero-order valence-corrected chi connectivity index (χ0v) is 11.1. The van der Waals surface area contributed by atoms with E-state index < -0.39 is 17.9 Å². The number of hydrogen-bond donors (Lipinski definition) is 2. The first-order valence-corrected chi connectivity index (χ1v) is 6.26. The van der Waals surface area contributed by atoms with Gasteiger partial charge in [0.05, 0.1) is 11.1 Å². The van der Waals surface area contributed by atoms with Crippen molar-refractivity contribution in [2.24, 2.45) is 0 Å². The Bertz CT molecular complexity index is 488. The molecule has 0 heterocycles. The van der Waals surface area contributed by atoms with Crippen LogP contribution in [0.5, 0.6) is 5.75 Å². The van der Waals surface area contributed by atoms with Crippen LogP contribution in [0.25, 0.3) is 0 Å². The maximum absolute atomic E-state index is 11.5. The lowest BCUT2D eigenvalue weighted by molar-refractivity contribution is -0.134. The summed E-state index contributed by atoms with van der Waals surface area (Å²) in [6, 6.07) is 3.28. The molecule has 0 aromatic heterocycles. The minimum Gasteiger partial charge on any atom is -0.478 e. The van der Waals surface area contributed by atoms with E-state index in [9.17, 15) is 14.4 Å². The summed E-state index contributed by atoms with van der Waals surface area (Å²) in [5, 5.41) is 17.8. The molecular weight excluding hydrogens is 264 g/mol. The number of carbonyl (C=O) groups excluding carboxylic acids is 1. The second kappa shape index (κ2) is 7.28. The molecule has 1 rings (SSSR count). The molecule has 0 spiro atoms. The fraction of sp³-hybridized carbons (Fsp3) is 0.357. The van der Waals surface area contributed by atoms with E-state index in [-0.39, 0.29) is 23.3 Å². The fourth-order valence-electron chi connectivity index (χ4n) is 1.61. The molecule has 6 heteroatoms. The summed E-state index contributed by atoms with van der Waals surface area (Å²) in [7, 11) is 0. The number of carboxylic acid groups (broad SMARTS) is 2. The predicted octanol–water partition coefficient (Wildman–Crippen LogP) is 2.57. The molecule has 0 aliphatic heterocycles. The molecule has 1 aromatic carbocycles. The van der Waals surface area contributed by atoms with E-state index >= 15 is 0 Å². The van der Waals surface area contributed by atoms with Crippen molar-refractivity contribution in [2.75, 3.05) is 0 Å². The highest BCUT2D eigenvalue weighted by molar-refractivity contribution is 5.94. The van der Waals surface area contributed by atoms with Crippen molar-refractivity contribution in [3.8, 4) is 5.75 Å². The van der Waals surface area contributed by atoms with Gasteiger partial charge in [-0.05, 0) is 24.6 Å².